The number of hydrogen-bond acceptors (Lipinski definition) is 5. The Morgan fingerprint density at radius 1 is 1.27 bits per heavy atom. The maximum Gasteiger partial charge on any atom is 0.269 e. The Balaban J connectivity index is 1.77. The second-order valence-corrected chi connectivity index (χ2v) is 6.95. The molecule has 0 fully saturated rings. The van der Waals surface area contributed by atoms with Crippen molar-refractivity contribution in [2.45, 2.75) is 23.3 Å². The smallest absolute Gasteiger partial charge is 0.269 e. The van der Waals surface area contributed by atoms with E-state index < -0.39 is 0 Å². The lowest BCUT2D eigenvalue weighted by Gasteiger charge is -2.21. The van der Waals surface area contributed by atoms with Crippen LogP contribution in [0.3, 0.4) is 0 Å². The normalized spacial score (nSPS) is 12.0. The third-order valence-electron chi connectivity index (χ3n) is 4.35. The molecule has 1 N–H and O–H groups in total. The molecular weight excluding hydrogens is 344 g/mol. The van der Waals surface area contributed by atoms with Gasteiger partial charge in [0.1, 0.15) is 5.03 Å². The van der Waals surface area contributed by atoms with Crippen LogP contribution in [0.5, 0.6) is 0 Å². The second-order valence-electron chi connectivity index (χ2n) is 5.96. The van der Waals surface area contributed by atoms with Crippen LogP contribution in [0, 0.1) is 11.3 Å². The number of pyridine rings is 2. The maximum absolute atomic E-state index is 13.0. The summed E-state index contributed by atoms with van der Waals surface area (Å²) in [5, 5.41) is 13.2. The molecule has 128 valence electrons. The summed E-state index contributed by atoms with van der Waals surface area (Å²) in [6.45, 7) is 2.90. The first-order valence-electron chi connectivity index (χ1n) is 8.36. The Bertz CT molecular complexity index is 1080. The van der Waals surface area contributed by atoms with Crippen LogP contribution < -0.4 is 10.9 Å². The summed E-state index contributed by atoms with van der Waals surface area (Å²) in [7, 11) is 0. The number of fused-ring (bicyclic) bond motifs is 2. The molecule has 0 unspecified atom stereocenters. The molecule has 2 aromatic heterocycles. The highest BCUT2D eigenvalue weighted by Gasteiger charge is 2.23. The van der Waals surface area contributed by atoms with E-state index in [0.29, 0.717) is 16.9 Å². The quantitative estimate of drug-likeness (QED) is 0.604. The highest BCUT2D eigenvalue weighted by molar-refractivity contribution is 7.99. The van der Waals surface area contributed by atoms with Crippen molar-refractivity contribution in [2.24, 2.45) is 0 Å². The summed E-state index contributed by atoms with van der Waals surface area (Å²) in [5.74, 6) is 0. The number of aromatic nitrogens is 2. The van der Waals surface area contributed by atoms with E-state index in [4.69, 9.17) is 5.26 Å². The number of hydrogen-bond donors (Lipinski definition) is 1. The lowest BCUT2D eigenvalue weighted by atomic mass is 10.1. The minimum Gasteiger partial charge on any atom is -0.385 e. The molecule has 0 aliphatic carbocycles. The third kappa shape index (κ3) is 2.76. The highest BCUT2D eigenvalue weighted by atomic mass is 32.2. The van der Waals surface area contributed by atoms with E-state index in [0.717, 1.165) is 34.1 Å². The molecule has 0 atom stereocenters. The van der Waals surface area contributed by atoms with Crippen LogP contribution in [0.1, 0.15) is 23.6 Å². The van der Waals surface area contributed by atoms with Crippen LogP contribution in [0.15, 0.2) is 63.5 Å². The Hall–Kier alpha value is -3.04. The van der Waals surface area contributed by atoms with Crippen molar-refractivity contribution in [2.75, 3.05) is 11.9 Å². The van der Waals surface area contributed by atoms with E-state index in [1.807, 2.05) is 12.1 Å². The Morgan fingerprint density at radius 2 is 2.08 bits per heavy atom. The predicted octanol–water partition coefficient (Wildman–Crippen LogP) is 3.59. The van der Waals surface area contributed by atoms with Crippen molar-refractivity contribution in [3.63, 3.8) is 0 Å². The van der Waals surface area contributed by atoms with Crippen molar-refractivity contribution in [1.82, 2.24) is 9.55 Å². The zero-order valence-electron chi connectivity index (χ0n) is 14.2. The highest BCUT2D eigenvalue weighted by Crippen LogP contribution is 2.39. The van der Waals surface area contributed by atoms with Gasteiger partial charge in [0.05, 0.1) is 16.5 Å². The van der Waals surface area contributed by atoms with E-state index in [9.17, 15) is 4.79 Å². The molecular formula is C20H16N4OS. The molecule has 1 aliphatic heterocycles. The third-order valence-corrected chi connectivity index (χ3v) is 5.54. The molecule has 1 aromatic carbocycles. The predicted molar refractivity (Wildman–Crippen MR) is 102 cm³/mol. The van der Waals surface area contributed by atoms with Gasteiger partial charge in [-0.2, -0.15) is 5.26 Å². The van der Waals surface area contributed by atoms with Gasteiger partial charge in [0, 0.05) is 42.3 Å². The van der Waals surface area contributed by atoms with E-state index in [1.54, 1.807) is 41.2 Å². The van der Waals surface area contributed by atoms with Crippen LogP contribution in [-0.4, -0.2) is 16.1 Å². The zero-order chi connectivity index (χ0) is 18.1. The summed E-state index contributed by atoms with van der Waals surface area (Å²) in [4.78, 5) is 18.2. The van der Waals surface area contributed by atoms with Gasteiger partial charge in [-0.05, 0) is 48.9 Å². The lowest BCUT2D eigenvalue weighted by Crippen LogP contribution is -2.23. The topological polar surface area (TPSA) is 70.7 Å². The fraction of sp³-hybridized carbons (Fsp3) is 0.150. The van der Waals surface area contributed by atoms with Gasteiger partial charge in [0.25, 0.3) is 5.56 Å². The van der Waals surface area contributed by atoms with Crippen molar-refractivity contribution < 1.29 is 0 Å². The van der Waals surface area contributed by atoms with Crippen molar-refractivity contribution in [3.8, 4) is 11.8 Å². The van der Waals surface area contributed by atoms with Crippen molar-refractivity contribution in [3.05, 3.63) is 75.8 Å². The lowest BCUT2D eigenvalue weighted by molar-refractivity contribution is 0.888. The first kappa shape index (κ1) is 16.4. The molecule has 26 heavy (non-hydrogen) atoms. The van der Waals surface area contributed by atoms with Crippen LogP contribution >= 0.6 is 11.8 Å². The van der Waals surface area contributed by atoms with Crippen molar-refractivity contribution >= 4 is 17.4 Å². The summed E-state index contributed by atoms with van der Waals surface area (Å²) in [6, 6.07) is 13.1. The minimum absolute atomic E-state index is 0.0569. The molecule has 6 heteroatoms. The van der Waals surface area contributed by atoms with E-state index in [-0.39, 0.29) is 5.56 Å². The van der Waals surface area contributed by atoms with Gasteiger partial charge in [0.15, 0.2) is 0 Å². The molecule has 0 bridgehead atoms. The number of nitrogens with one attached hydrogen (secondary N) is 1. The van der Waals surface area contributed by atoms with Crippen LogP contribution in [0.4, 0.5) is 5.69 Å². The number of anilines is 1. The minimum atomic E-state index is -0.0569. The fourth-order valence-electron chi connectivity index (χ4n) is 3.08. The van der Waals surface area contributed by atoms with E-state index >= 15 is 0 Å². The number of nitriles is 1. The van der Waals surface area contributed by atoms with E-state index in [1.165, 1.54) is 11.8 Å². The summed E-state index contributed by atoms with van der Waals surface area (Å²) < 4.78 is 1.62. The number of rotatable bonds is 3. The van der Waals surface area contributed by atoms with Gasteiger partial charge >= 0.3 is 0 Å². The molecule has 3 heterocycles. The second kappa shape index (κ2) is 6.70. The van der Waals surface area contributed by atoms with Crippen LogP contribution in [-0.2, 0) is 6.42 Å². The molecule has 0 radical (unpaired) electrons. The first-order chi connectivity index (χ1) is 12.7. The van der Waals surface area contributed by atoms with Gasteiger partial charge in [-0.3, -0.25) is 9.36 Å². The summed E-state index contributed by atoms with van der Waals surface area (Å²) in [5.41, 5.74) is 4.50. The molecule has 4 rings (SSSR count). The fourth-order valence-corrected chi connectivity index (χ4v) is 4.15. The summed E-state index contributed by atoms with van der Waals surface area (Å²) >= 11 is 1.43. The van der Waals surface area contributed by atoms with Crippen LogP contribution in [0.2, 0.25) is 0 Å². The van der Waals surface area contributed by atoms with Gasteiger partial charge in [0.2, 0.25) is 0 Å². The first-order valence-corrected chi connectivity index (χ1v) is 9.17. The molecule has 5 nitrogen and oxygen atoms in total. The molecule has 0 saturated heterocycles. The van der Waals surface area contributed by atoms with Gasteiger partial charge in [-0.15, -0.1) is 0 Å². The Morgan fingerprint density at radius 3 is 2.81 bits per heavy atom. The molecule has 1 aliphatic rings. The van der Waals surface area contributed by atoms with Gasteiger partial charge in [-0.1, -0.05) is 11.8 Å². The summed E-state index contributed by atoms with van der Waals surface area (Å²) in [6.07, 6.45) is 4.27. The number of nitrogens with zero attached hydrogens (tertiary/aromatic N) is 3. The average Bonchev–Trinajstić information content (AvgIpc) is 2.68. The maximum atomic E-state index is 13.0. The van der Waals surface area contributed by atoms with Crippen molar-refractivity contribution in [1.29, 1.82) is 5.26 Å². The van der Waals surface area contributed by atoms with E-state index in [2.05, 4.69) is 23.3 Å². The largest absolute Gasteiger partial charge is 0.385 e. The van der Waals surface area contributed by atoms with Crippen LogP contribution in [0.25, 0.3) is 5.69 Å². The standard InChI is InChI=1S/C20H16N4OS/c1-2-22-17-7-9-23-19-16(17)11-14-8-10-24(20(25)18(14)26-19)15-5-3-13(12-21)4-6-15/h3-10H,2,11H2,1H3,(H,22,23). The van der Waals surface area contributed by atoms with Gasteiger partial charge < -0.3 is 5.32 Å². The average molecular weight is 360 g/mol. The molecule has 0 saturated carbocycles. The number of benzene rings is 1. The molecule has 0 amide bonds. The Kier molecular flexibility index (Phi) is 4.23. The van der Waals surface area contributed by atoms with Gasteiger partial charge in [-0.25, -0.2) is 4.98 Å². The Labute approximate surface area is 155 Å². The molecule has 3 aromatic rings. The SMILES string of the molecule is CCNc1ccnc2c1Cc1ccn(-c3ccc(C#N)cc3)c(=O)c1S2. The zero-order valence-corrected chi connectivity index (χ0v) is 15.0. The monoisotopic (exact) mass is 360 g/mol. The molecule has 0 spiro atoms.